The van der Waals surface area contributed by atoms with Gasteiger partial charge in [-0.2, -0.15) is 11.8 Å². The molecule has 3 nitrogen and oxygen atoms in total. The molecule has 0 bridgehead atoms. The van der Waals surface area contributed by atoms with Crippen molar-refractivity contribution in [3.63, 3.8) is 0 Å². The van der Waals surface area contributed by atoms with Crippen molar-refractivity contribution in [3.8, 4) is 0 Å². The molecule has 17 heavy (non-hydrogen) atoms. The second-order valence-corrected chi connectivity index (χ2v) is 5.31. The topological polar surface area (TPSA) is 52.3 Å². The Bertz CT molecular complexity index is 351. The zero-order valence-corrected chi connectivity index (χ0v) is 11.1. The number of esters is 1. The maximum absolute atomic E-state index is 11.2. The molecule has 1 unspecified atom stereocenters. The van der Waals surface area contributed by atoms with E-state index in [-0.39, 0.29) is 5.97 Å². The van der Waals surface area contributed by atoms with Crippen LogP contribution in [0.3, 0.4) is 0 Å². The number of ether oxygens (including phenoxy) is 1. The molecule has 0 fully saturated rings. The van der Waals surface area contributed by atoms with Crippen molar-refractivity contribution in [3.05, 3.63) is 35.4 Å². The first-order chi connectivity index (χ1) is 8.17. The van der Waals surface area contributed by atoms with Crippen molar-refractivity contribution in [1.82, 2.24) is 0 Å². The van der Waals surface area contributed by atoms with Crippen molar-refractivity contribution in [2.24, 2.45) is 5.73 Å². The molecular formula is C13H19NO2S. The van der Waals surface area contributed by atoms with Crippen LogP contribution in [-0.2, 0) is 10.5 Å². The van der Waals surface area contributed by atoms with Crippen LogP contribution in [0.25, 0.3) is 0 Å². The van der Waals surface area contributed by atoms with Crippen LogP contribution in [-0.4, -0.2) is 24.9 Å². The second kappa shape index (κ2) is 7.35. The Kier molecular flexibility index (Phi) is 6.08. The fraction of sp³-hybridized carbons (Fsp3) is 0.462. The van der Waals surface area contributed by atoms with Gasteiger partial charge in [0.05, 0.1) is 12.7 Å². The predicted octanol–water partition coefficient (Wildman–Crippen LogP) is 2.44. The molecule has 4 heteroatoms. The minimum Gasteiger partial charge on any atom is -0.465 e. The summed E-state index contributed by atoms with van der Waals surface area (Å²) in [5, 5.41) is 0.570. The van der Waals surface area contributed by atoms with Crippen LogP contribution in [0.15, 0.2) is 24.3 Å². The van der Waals surface area contributed by atoms with E-state index in [1.54, 1.807) is 12.1 Å². The first-order valence-electron chi connectivity index (χ1n) is 5.66. The summed E-state index contributed by atoms with van der Waals surface area (Å²) in [6.45, 7) is 2.91. The van der Waals surface area contributed by atoms with E-state index in [1.807, 2.05) is 23.9 Å². The SMILES string of the molecule is COC(=O)c1ccc(CSC(C)CCN)cc1. The third-order valence-corrected chi connectivity index (χ3v) is 3.79. The van der Waals surface area contributed by atoms with Gasteiger partial charge in [0.1, 0.15) is 0 Å². The standard InChI is InChI=1S/C13H19NO2S/c1-10(7-8-14)17-9-11-3-5-12(6-4-11)13(15)16-2/h3-6,10H,7-9,14H2,1-2H3. The van der Waals surface area contributed by atoms with Gasteiger partial charge >= 0.3 is 5.97 Å². The van der Waals surface area contributed by atoms with Crippen LogP contribution in [0.1, 0.15) is 29.3 Å². The Labute approximate surface area is 107 Å². The Morgan fingerprint density at radius 2 is 2.06 bits per heavy atom. The zero-order chi connectivity index (χ0) is 12.7. The fourth-order valence-electron chi connectivity index (χ4n) is 1.41. The molecule has 0 aliphatic heterocycles. The predicted molar refractivity (Wildman–Crippen MR) is 72.2 cm³/mol. The molecule has 0 saturated heterocycles. The lowest BCUT2D eigenvalue weighted by Gasteiger charge is -2.09. The van der Waals surface area contributed by atoms with Gasteiger partial charge in [-0.25, -0.2) is 4.79 Å². The molecule has 0 heterocycles. The Morgan fingerprint density at radius 3 is 2.59 bits per heavy atom. The molecule has 0 saturated carbocycles. The van der Waals surface area contributed by atoms with Gasteiger partial charge in [0.25, 0.3) is 0 Å². The van der Waals surface area contributed by atoms with Gasteiger partial charge in [0.2, 0.25) is 0 Å². The summed E-state index contributed by atoms with van der Waals surface area (Å²) in [5.41, 5.74) is 7.31. The number of rotatable bonds is 6. The highest BCUT2D eigenvalue weighted by Gasteiger charge is 2.05. The number of benzene rings is 1. The lowest BCUT2D eigenvalue weighted by Crippen LogP contribution is -2.07. The van der Waals surface area contributed by atoms with Gasteiger partial charge < -0.3 is 10.5 Å². The van der Waals surface area contributed by atoms with Crippen LogP contribution in [0.4, 0.5) is 0 Å². The lowest BCUT2D eigenvalue weighted by atomic mass is 10.1. The van der Waals surface area contributed by atoms with E-state index >= 15 is 0 Å². The summed E-state index contributed by atoms with van der Waals surface area (Å²) in [7, 11) is 1.39. The summed E-state index contributed by atoms with van der Waals surface area (Å²) in [6, 6.07) is 7.54. The van der Waals surface area contributed by atoms with Crippen molar-refractivity contribution < 1.29 is 9.53 Å². The molecule has 0 radical (unpaired) electrons. The first-order valence-corrected chi connectivity index (χ1v) is 6.71. The number of nitrogens with two attached hydrogens (primary N) is 1. The van der Waals surface area contributed by atoms with E-state index in [9.17, 15) is 4.79 Å². The van der Waals surface area contributed by atoms with E-state index in [0.717, 1.165) is 18.7 Å². The van der Waals surface area contributed by atoms with Crippen molar-refractivity contribution >= 4 is 17.7 Å². The molecule has 0 spiro atoms. The minimum atomic E-state index is -0.291. The van der Waals surface area contributed by atoms with E-state index in [0.29, 0.717) is 10.8 Å². The molecular weight excluding hydrogens is 234 g/mol. The van der Waals surface area contributed by atoms with Gasteiger partial charge in [-0.15, -0.1) is 0 Å². The Morgan fingerprint density at radius 1 is 1.41 bits per heavy atom. The van der Waals surface area contributed by atoms with E-state index in [4.69, 9.17) is 5.73 Å². The third kappa shape index (κ3) is 4.79. The summed E-state index contributed by atoms with van der Waals surface area (Å²) in [6.07, 6.45) is 1.03. The van der Waals surface area contributed by atoms with Gasteiger partial charge in [-0.3, -0.25) is 0 Å². The average molecular weight is 253 g/mol. The molecule has 1 atom stereocenters. The number of carbonyl (C=O) groups is 1. The molecule has 0 aliphatic rings. The van der Waals surface area contributed by atoms with E-state index < -0.39 is 0 Å². The van der Waals surface area contributed by atoms with Crippen molar-refractivity contribution in [2.45, 2.75) is 24.3 Å². The van der Waals surface area contributed by atoms with Crippen molar-refractivity contribution in [1.29, 1.82) is 0 Å². The third-order valence-electron chi connectivity index (χ3n) is 2.48. The van der Waals surface area contributed by atoms with Gasteiger partial charge in [-0.05, 0) is 30.7 Å². The summed E-state index contributed by atoms with van der Waals surface area (Å²) >= 11 is 1.88. The van der Waals surface area contributed by atoms with Crippen LogP contribution in [0.5, 0.6) is 0 Å². The number of hydrogen-bond acceptors (Lipinski definition) is 4. The summed E-state index contributed by atoms with van der Waals surface area (Å²) in [4.78, 5) is 11.2. The van der Waals surface area contributed by atoms with Crippen LogP contribution in [0, 0.1) is 0 Å². The highest BCUT2D eigenvalue weighted by molar-refractivity contribution is 7.99. The Balaban J connectivity index is 2.48. The van der Waals surface area contributed by atoms with Crippen molar-refractivity contribution in [2.75, 3.05) is 13.7 Å². The Hall–Kier alpha value is -1.00. The molecule has 94 valence electrons. The molecule has 0 aromatic heterocycles. The molecule has 1 aromatic carbocycles. The number of methoxy groups -OCH3 is 1. The normalized spacial score (nSPS) is 12.2. The number of carbonyl (C=O) groups excluding carboxylic acids is 1. The van der Waals surface area contributed by atoms with E-state index in [1.165, 1.54) is 12.7 Å². The molecule has 0 amide bonds. The lowest BCUT2D eigenvalue weighted by molar-refractivity contribution is 0.0601. The quantitative estimate of drug-likeness (QED) is 0.791. The highest BCUT2D eigenvalue weighted by atomic mass is 32.2. The summed E-state index contributed by atoms with van der Waals surface area (Å²) < 4.78 is 4.65. The number of hydrogen-bond donors (Lipinski definition) is 1. The zero-order valence-electron chi connectivity index (χ0n) is 10.3. The fourth-order valence-corrected chi connectivity index (χ4v) is 2.38. The van der Waals surface area contributed by atoms with Crippen LogP contribution in [0.2, 0.25) is 0 Å². The maximum atomic E-state index is 11.2. The number of thioether (sulfide) groups is 1. The highest BCUT2D eigenvalue weighted by Crippen LogP contribution is 2.19. The maximum Gasteiger partial charge on any atom is 0.337 e. The van der Waals surface area contributed by atoms with Gasteiger partial charge in [-0.1, -0.05) is 19.1 Å². The van der Waals surface area contributed by atoms with Gasteiger partial charge in [0, 0.05) is 11.0 Å². The minimum absolute atomic E-state index is 0.291. The summed E-state index contributed by atoms with van der Waals surface area (Å²) in [5.74, 6) is 0.656. The van der Waals surface area contributed by atoms with E-state index in [2.05, 4.69) is 11.7 Å². The smallest absolute Gasteiger partial charge is 0.337 e. The van der Waals surface area contributed by atoms with Crippen LogP contribution < -0.4 is 5.73 Å². The van der Waals surface area contributed by atoms with Crippen LogP contribution >= 0.6 is 11.8 Å². The van der Waals surface area contributed by atoms with Gasteiger partial charge in [0.15, 0.2) is 0 Å². The first kappa shape index (κ1) is 14.1. The largest absolute Gasteiger partial charge is 0.465 e. The molecule has 1 aromatic rings. The molecule has 1 rings (SSSR count). The molecule has 0 aliphatic carbocycles. The average Bonchev–Trinajstić information content (AvgIpc) is 2.36. The second-order valence-electron chi connectivity index (χ2n) is 3.89. The molecule has 2 N–H and O–H groups in total. The monoisotopic (exact) mass is 253 g/mol.